The van der Waals surface area contributed by atoms with E-state index in [0.29, 0.717) is 16.8 Å². The van der Waals surface area contributed by atoms with Gasteiger partial charge in [-0.25, -0.2) is 0 Å². The van der Waals surface area contributed by atoms with Crippen molar-refractivity contribution in [3.05, 3.63) is 59.4 Å². The monoisotopic (exact) mass is 334 g/mol. The highest BCUT2D eigenvalue weighted by molar-refractivity contribution is 5.94. The molecule has 7 heteroatoms. The Balaban J connectivity index is 1.99. The van der Waals surface area contributed by atoms with Crippen LogP contribution in [0.2, 0.25) is 0 Å². The number of Topliss-reactive ketones (excluding diaryl/α,β-unsaturated/α-hetero) is 1. The molecule has 0 aliphatic heterocycles. The number of pyridine rings is 1. The first-order chi connectivity index (χ1) is 11.4. The molecule has 24 heavy (non-hydrogen) atoms. The van der Waals surface area contributed by atoms with E-state index in [1.807, 2.05) is 0 Å². The maximum Gasteiger partial charge on any atom is 0.387 e. The van der Waals surface area contributed by atoms with Gasteiger partial charge in [0.2, 0.25) is 0 Å². The summed E-state index contributed by atoms with van der Waals surface area (Å²) in [5.41, 5.74) is 1.52. The zero-order valence-electron chi connectivity index (χ0n) is 13.0. The van der Waals surface area contributed by atoms with Gasteiger partial charge in [-0.3, -0.25) is 14.6 Å². The number of ether oxygens (including phenoxy) is 1. The van der Waals surface area contributed by atoms with E-state index in [1.165, 1.54) is 31.3 Å². The maximum absolute atomic E-state index is 12.2. The summed E-state index contributed by atoms with van der Waals surface area (Å²) >= 11 is 0. The molecule has 1 aromatic carbocycles. The van der Waals surface area contributed by atoms with Gasteiger partial charge in [-0.2, -0.15) is 8.78 Å². The minimum Gasteiger partial charge on any atom is -0.435 e. The molecule has 1 aromatic heterocycles. The molecular formula is C17H16F2N2O3. The quantitative estimate of drug-likeness (QED) is 0.845. The molecule has 0 fully saturated rings. The van der Waals surface area contributed by atoms with Crippen LogP contribution in [0.15, 0.2) is 42.6 Å². The highest BCUT2D eigenvalue weighted by Crippen LogP contribution is 2.16. The standard InChI is InChI=1S/C17H16F2N2O3/c1-11(22)7-14-9-13(5-6-20-14)16(23)21-10-12-3-2-4-15(8-12)24-17(18)19/h2-6,8-9,17H,7,10H2,1H3,(H,21,23). The van der Waals surface area contributed by atoms with Crippen LogP contribution in [0, 0.1) is 0 Å². The molecule has 5 nitrogen and oxygen atoms in total. The summed E-state index contributed by atoms with van der Waals surface area (Å²) in [5, 5.41) is 2.68. The third-order valence-corrected chi connectivity index (χ3v) is 3.09. The van der Waals surface area contributed by atoms with Crippen LogP contribution in [0.1, 0.15) is 28.5 Å². The van der Waals surface area contributed by atoms with Gasteiger partial charge in [-0.1, -0.05) is 12.1 Å². The van der Waals surface area contributed by atoms with Crippen LogP contribution in [0.5, 0.6) is 5.75 Å². The lowest BCUT2D eigenvalue weighted by molar-refractivity contribution is -0.116. The predicted molar refractivity (Wildman–Crippen MR) is 82.9 cm³/mol. The molecule has 0 aliphatic carbocycles. The molecule has 1 amide bonds. The Morgan fingerprint density at radius 3 is 2.75 bits per heavy atom. The summed E-state index contributed by atoms with van der Waals surface area (Å²) in [6.45, 7) is -1.29. The highest BCUT2D eigenvalue weighted by atomic mass is 19.3. The van der Waals surface area contributed by atoms with Crippen molar-refractivity contribution in [2.45, 2.75) is 26.5 Å². The molecule has 0 atom stereocenters. The number of nitrogens with zero attached hydrogens (tertiary/aromatic N) is 1. The fourth-order valence-electron chi connectivity index (χ4n) is 2.09. The number of rotatable bonds is 7. The van der Waals surface area contributed by atoms with E-state index in [-0.39, 0.29) is 30.4 Å². The number of alkyl halides is 2. The normalized spacial score (nSPS) is 10.5. The van der Waals surface area contributed by atoms with Gasteiger partial charge < -0.3 is 10.1 Å². The lowest BCUT2D eigenvalue weighted by atomic mass is 10.1. The van der Waals surface area contributed by atoms with Gasteiger partial charge in [0.25, 0.3) is 5.91 Å². The number of hydrogen-bond acceptors (Lipinski definition) is 4. The second-order valence-electron chi connectivity index (χ2n) is 5.12. The Hall–Kier alpha value is -2.83. The van der Waals surface area contributed by atoms with Crippen LogP contribution >= 0.6 is 0 Å². The number of carbonyl (C=O) groups excluding carboxylic acids is 2. The summed E-state index contributed by atoms with van der Waals surface area (Å²) in [6.07, 6.45) is 1.62. The van der Waals surface area contributed by atoms with Crippen LogP contribution in [-0.2, 0) is 17.8 Å². The molecule has 0 spiro atoms. The third kappa shape index (κ3) is 5.42. The van der Waals surface area contributed by atoms with Crippen molar-refractivity contribution in [3.8, 4) is 5.75 Å². The molecule has 0 radical (unpaired) electrons. The lowest BCUT2D eigenvalue weighted by Crippen LogP contribution is -2.23. The first kappa shape index (κ1) is 17.5. The van der Waals surface area contributed by atoms with E-state index >= 15 is 0 Å². The van der Waals surface area contributed by atoms with Gasteiger partial charge in [-0.05, 0) is 36.8 Å². The minimum absolute atomic E-state index is 0.0319. The molecule has 0 unspecified atom stereocenters. The molecule has 0 bridgehead atoms. The number of nitrogens with one attached hydrogen (secondary N) is 1. The van der Waals surface area contributed by atoms with Crippen molar-refractivity contribution in [1.29, 1.82) is 0 Å². The van der Waals surface area contributed by atoms with E-state index in [1.54, 1.807) is 18.2 Å². The van der Waals surface area contributed by atoms with Gasteiger partial charge in [0.05, 0.1) is 0 Å². The average molecular weight is 334 g/mol. The Kier molecular flexibility index (Phi) is 5.95. The summed E-state index contributed by atoms with van der Waals surface area (Å²) in [4.78, 5) is 27.3. The second kappa shape index (κ2) is 8.14. The van der Waals surface area contributed by atoms with Gasteiger partial charge in [0.15, 0.2) is 0 Å². The summed E-state index contributed by atoms with van der Waals surface area (Å²) in [6, 6.07) is 9.18. The number of hydrogen-bond donors (Lipinski definition) is 1. The first-order valence-electron chi connectivity index (χ1n) is 7.20. The first-order valence-corrected chi connectivity index (χ1v) is 7.20. The molecule has 126 valence electrons. The molecule has 0 aliphatic rings. The molecule has 0 saturated carbocycles. The van der Waals surface area contributed by atoms with Gasteiger partial charge in [-0.15, -0.1) is 0 Å². The van der Waals surface area contributed by atoms with Crippen LogP contribution in [0.4, 0.5) is 8.78 Å². The Morgan fingerprint density at radius 1 is 1.25 bits per heavy atom. The van der Waals surface area contributed by atoms with Crippen molar-refractivity contribution >= 4 is 11.7 Å². The minimum atomic E-state index is -2.90. The summed E-state index contributed by atoms with van der Waals surface area (Å²) < 4.78 is 28.7. The second-order valence-corrected chi connectivity index (χ2v) is 5.12. The molecule has 0 saturated heterocycles. The number of ketones is 1. The molecule has 2 rings (SSSR count). The van der Waals surface area contributed by atoms with Gasteiger partial charge >= 0.3 is 6.61 Å². The smallest absolute Gasteiger partial charge is 0.387 e. The molecule has 1 heterocycles. The van der Waals surface area contributed by atoms with Crippen molar-refractivity contribution in [3.63, 3.8) is 0 Å². The molecular weight excluding hydrogens is 318 g/mol. The predicted octanol–water partition coefficient (Wildman–Crippen LogP) is 2.74. The van der Waals surface area contributed by atoms with Gasteiger partial charge in [0.1, 0.15) is 11.5 Å². The van der Waals surface area contributed by atoms with E-state index in [9.17, 15) is 18.4 Å². The van der Waals surface area contributed by atoms with Crippen LogP contribution in [0.3, 0.4) is 0 Å². The van der Waals surface area contributed by atoms with Crippen LogP contribution in [-0.4, -0.2) is 23.3 Å². The summed E-state index contributed by atoms with van der Waals surface area (Å²) in [7, 11) is 0. The number of aromatic nitrogens is 1. The Morgan fingerprint density at radius 2 is 2.04 bits per heavy atom. The third-order valence-electron chi connectivity index (χ3n) is 3.09. The van der Waals surface area contributed by atoms with Crippen molar-refractivity contribution in [1.82, 2.24) is 10.3 Å². The van der Waals surface area contributed by atoms with E-state index < -0.39 is 6.61 Å². The SMILES string of the molecule is CC(=O)Cc1cc(C(=O)NCc2cccc(OC(F)F)c2)ccn1. The summed E-state index contributed by atoms with van der Waals surface area (Å²) in [5.74, 6) is -0.359. The lowest BCUT2D eigenvalue weighted by Gasteiger charge is -2.09. The Labute approximate surface area is 137 Å². The van der Waals surface area contributed by atoms with E-state index in [2.05, 4.69) is 15.0 Å². The van der Waals surface area contributed by atoms with Crippen molar-refractivity contribution < 1.29 is 23.1 Å². The average Bonchev–Trinajstić information content (AvgIpc) is 2.52. The number of benzene rings is 1. The number of halogens is 2. The highest BCUT2D eigenvalue weighted by Gasteiger charge is 2.09. The number of carbonyl (C=O) groups is 2. The van der Waals surface area contributed by atoms with E-state index in [0.717, 1.165) is 0 Å². The fraction of sp³-hybridized carbons (Fsp3) is 0.235. The van der Waals surface area contributed by atoms with E-state index in [4.69, 9.17) is 0 Å². The largest absolute Gasteiger partial charge is 0.435 e. The van der Waals surface area contributed by atoms with Gasteiger partial charge in [0, 0.05) is 30.4 Å². The molecule has 1 N–H and O–H groups in total. The zero-order chi connectivity index (χ0) is 17.5. The maximum atomic E-state index is 12.2. The topological polar surface area (TPSA) is 68.3 Å². The van der Waals surface area contributed by atoms with Crippen molar-refractivity contribution in [2.75, 3.05) is 0 Å². The Bertz CT molecular complexity index is 735. The molecule has 2 aromatic rings. The van der Waals surface area contributed by atoms with Crippen LogP contribution in [0.25, 0.3) is 0 Å². The van der Waals surface area contributed by atoms with Crippen molar-refractivity contribution in [2.24, 2.45) is 0 Å². The zero-order valence-corrected chi connectivity index (χ0v) is 13.0. The van der Waals surface area contributed by atoms with Crippen LogP contribution < -0.4 is 10.1 Å². The number of amides is 1. The fourth-order valence-corrected chi connectivity index (χ4v) is 2.09.